The van der Waals surface area contributed by atoms with E-state index in [0.29, 0.717) is 0 Å². The van der Waals surface area contributed by atoms with Gasteiger partial charge in [-0.3, -0.25) is 0 Å². The maximum Gasteiger partial charge on any atom is 0.115 e. The van der Waals surface area contributed by atoms with Crippen LogP contribution in [-0.2, 0) is 12.8 Å². The molecule has 2 nitrogen and oxygen atoms in total. The molecule has 0 N–H and O–H groups in total. The zero-order valence-corrected chi connectivity index (χ0v) is 15.5. The molecule has 3 aliphatic carbocycles. The first-order chi connectivity index (χ1) is 11.8. The van der Waals surface area contributed by atoms with Crippen molar-refractivity contribution < 1.29 is 0 Å². The van der Waals surface area contributed by atoms with Gasteiger partial charge in [-0.2, -0.15) is 0 Å². The van der Waals surface area contributed by atoms with Crippen molar-refractivity contribution in [3.05, 3.63) is 28.9 Å². The lowest BCUT2D eigenvalue weighted by Gasteiger charge is -2.28. The third-order valence-corrected chi connectivity index (χ3v) is 7.05. The summed E-state index contributed by atoms with van der Waals surface area (Å²) >= 11 is 0. The summed E-state index contributed by atoms with van der Waals surface area (Å²) in [5.74, 6) is 2.73. The Morgan fingerprint density at radius 1 is 0.917 bits per heavy atom. The molecule has 1 unspecified atom stereocenters. The van der Waals surface area contributed by atoms with Gasteiger partial charge in [0.2, 0.25) is 0 Å². The molecular formula is C22H32N2. The molecule has 1 saturated carbocycles. The lowest BCUT2D eigenvalue weighted by Crippen LogP contribution is -2.17. The van der Waals surface area contributed by atoms with Crippen LogP contribution in [-0.4, -0.2) is 9.97 Å². The summed E-state index contributed by atoms with van der Waals surface area (Å²) in [6.07, 6.45) is 16.4. The summed E-state index contributed by atoms with van der Waals surface area (Å²) in [6.45, 7) is 4.69. The summed E-state index contributed by atoms with van der Waals surface area (Å²) in [5.41, 5.74) is 7.54. The van der Waals surface area contributed by atoms with Crippen LogP contribution >= 0.6 is 0 Å². The van der Waals surface area contributed by atoms with E-state index in [9.17, 15) is 0 Å². The Hall–Kier alpha value is -1.18. The van der Waals surface area contributed by atoms with Crippen molar-refractivity contribution in [1.82, 2.24) is 9.97 Å². The number of hydrogen-bond donors (Lipinski definition) is 0. The van der Waals surface area contributed by atoms with Gasteiger partial charge in [0.25, 0.3) is 0 Å². The summed E-state index contributed by atoms with van der Waals surface area (Å²) < 4.78 is 0. The Balaban J connectivity index is 1.53. The molecular weight excluding hydrogens is 292 g/mol. The molecule has 0 amide bonds. The summed E-state index contributed by atoms with van der Waals surface area (Å²) in [5, 5.41) is 0. The van der Waals surface area contributed by atoms with E-state index < -0.39 is 0 Å². The van der Waals surface area contributed by atoms with Crippen molar-refractivity contribution in [2.75, 3.05) is 0 Å². The Bertz CT molecular complexity index is 623. The summed E-state index contributed by atoms with van der Waals surface area (Å²) in [7, 11) is 0. The molecule has 1 heterocycles. The fourth-order valence-electron chi connectivity index (χ4n) is 5.35. The lowest BCUT2D eigenvalue weighted by atomic mass is 9.78. The molecule has 0 aliphatic heterocycles. The van der Waals surface area contributed by atoms with Crippen LogP contribution in [0.1, 0.15) is 88.6 Å². The van der Waals surface area contributed by atoms with Crippen molar-refractivity contribution in [3.8, 4) is 0 Å². The normalized spacial score (nSPS) is 29.5. The van der Waals surface area contributed by atoms with Crippen molar-refractivity contribution in [2.24, 2.45) is 17.8 Å². The fourth-order valence-corrected chi connectivity index (χ4v) is 5.35. The molecule has 2 heteroatoms. The van der Waals surface area contributed by atoms with Crippen molar-refractivity contribution in [2.45, 2.75) is 84.5 Å². The SMILES string of the molecule is CCC1CCC(Cc2ncnc3c2C2=C(C3)CC(CC)CC2)CC1. The predicted molar refractivity (Wildman–Crippen MR) is 99.7 cm³/mol. The highest BCUT2D eigenvalue weighted by Crippen LogP contribution is 2.45. The maximum absolute atomic E-state index is 4.77. The van der Waals surface area contributed by atoms with Gasteiger partial charge in [-0.1, -0.05) is 45.1 Å². The van der Waals surface area contributed by atoms with Crippen LogP contribution in [0.5, 0.6) is 0 Å². The Labute approximate surface area is 147 Å². The van der Waals surface area contributed by atoms with Gasteiger partial charge >= 0.3 is 0 Å². The quantitative estimate of drug-likeness (QED) is 0.704. The molecule has 4 rings (SSSR count). The van der Waals surface area contributed by atoms with Gasteiger partial charge in [-0.15, -0.1) is 0 Å². The van der Waals surface area contributed by atoms with Gasteiger partial charge in [0.05, 0.1) is 11.4 Å². The number of aromatic nitrogens is 2. The highest BCUT2D eigenvalue weighted by Gasteiger charge is 2.31. The monoisotopic (exact) mass is 324 g/mol. The first-order valence-corrected chi connectivity index (χ1v) is 10.3. The maximum atomic E-state index is 4.77. The predicted octanol–water partition coefficient (Wildman–Crippen LogP) is 5.76. The molecule has 0 saturated heterocycles. The second-order valence-electron chi connectivity index (χ2n) is 8.42. The summed E-state index contributed by atoms with van der Waals surface area (Å²) in [6, 6.07) is 0. The number of hydrogen-bond acceptors (Lipinski definition) is 2. The Morgan fingerprint density at radius 3 is 2.42 bits per heavy atom. The molecule has 1 aromatic rings. The number of allylic oxidation sites excluding steroid dienone is 2. The topological polar surface area (TPSA) is 25.8 Å². The standard InChI is InChI=1S/C22H32N2/c1-3-15-5-7-17(8-6-15)12-20-22-19-10-9-16(4-2)11-18(19)13-21(22)24-14-23-20/h14-17H,3-13H2,1-2H3. The minimum absolute atomic E-state index is 0.850. The van der Waals surface area contributed by atoms with Crippen molar-refractivity contribution in [1.29, 1.82) is 0 Å². The third kappa shape index (κ3) is 3.05. The molecule has 0 spiro atoms. The molecule has 24 heavy (non-hydrogen) atoms. The Morgan fingerprint density at radius 2 is 1.67 bits per heavy atom. The molecule has 0 radical (unpaired) electrons. The van der Waals surface area contributed by atoms with E-state index in [1.165, 1.54) is 81.2 Å². The first kappa shape index (κ1) is 16.3. The molecule has 0 bridgehead atoms. The number of nitrogens with zero attached hydrogens (tertiary/aromatic N) is 2. The van der Waals surface area contributed by atoms with Crippen LogP contribution in [0.15, 0.2) is 11.9 Å². The van der Waals surface area contributed by atoms with E-state index in [-0.39, 0.29) is 0 Å². The third-order valence-electron chi connectivity index (χ3n) is 7.05. The largest absolute Gasteiger partial charge is 0.241 e. The molecule has 1 atom stereocenters. The van der Waals surface area contributed by atoms with E-state index in [1.54, 1.807) is 11.1 Å². The molecule has 3 aliphatic rings. The summed E-state index contributed by atoms with van der Waals surface area (Å²) in [4.78, 5) is 9.43. The second kappa shape index (κ2) is 6.98. The number of rotatable bonds is 4. The van der Waals surface area contributed by atoms with Crippen molar-refractivity contribution >= 4 is 5.57 Å². The van der Waals surface area contributed by atoms with Gasteiger partial charge in [0.1, 0.15) is 6.33 Å². The first-order valence-electron chi connectivity index (χ1n) is 10.3. The van der Waals surface area contributed by atoms with Gasteiger partial charge in [-0.05, 0) is 61.9 Å². The lowest BCUT2D eigenvalue weighted by molar-refractivity contribution is 0.267. The smallest absolute Gasteiger partial charge is 0.115 e. The van der Waals surface area contributed by atoms with E-state index in [1.807, 2.05) is 6.33 Å². The highest BCUT2D eigenvalue weighted by molar-refractivity contribution is 5.77. The van der Waals surface area contributed by atoms with Crippen LogP contribution in [0.25, 0.3) is 5.57 Å². The molecule has 1 fully saturated rings. The number of fused-ring (bicyclic) bond motifs is 2. The average molecular weight is 325 g/mol. The van der Waals surface area contributed by atoms with Crippen LogP contribution in [0.3, 0.4) is 0 Å². The minimum atomic E-state index is 0.850. The Kier molecular flexibility index (Phi) is 4.74. The van der Waals surface area contributed by atoms with Crippen LogP contribution in [0.2, 0.25) is 0 Å². The zero-order chi connectivity index (χ0) is 16.5. The van der Waals surface area contributed by atoms with Gasteiger partial charge in [0, 0.05) is 12.0 Å². The van der Waals surface area contributed by atoms with E-state index in [2.05, 4.69) is 18.8 Å². The minimum Gasteiger partial charge on any atom is -0.241 e. The molecule has 130 valence electrons. The molecule has 0 aromatic carbocycles. The van der Waals surface area contributed by atoms with Gasteiger partial charge < -0.3 is 0 Å². The fraction of sp³-hybridized carbons (Fsp3) is 0.727. The molecule has 1 aromatic heterocycles. The van der Waals surface area contributed by atoms with E-state index in [4.69, 9.17) is 4.98 Å². The highest BCUT2D eigenvalue weighted by atomic mass is 14.9. The van der Waals surface area contributed by atoms with Crippen molar-refractivity contribution in [3.63, 3.8) is 0 Å². The van der Waals surface area contributed by atoms with Gasteiger partial charge in [0.15, 0.2) is 0 Å². The van der Waals surface area contributed by atoms with Crippen LogP contribution in [0, 0.1) is 17.8 Å². The second-order valence-corrected chi connectivity index (χ2v) is 8.42. The van der Waals surface area contributed by atoms with E-state index >= 15 is 0 Å². The average Bonchev–Trinajstić information content (AvgIpc) is 3.00. The van der Waals surface area contributed by atoms with Crippen LogP contribution in [0.4, 0.5) is 0 Å². The van der Waals surface area contributed by atoms with E-state index in [0.717, 1.165) is 24.2 Å². The van der Waals surface area contributed by atoms with Gasteiger partial charge in [-0.25, -0.2) is 9.97 Å². The van der Waals surface area contributed by atoms with Crippen LogP contribution < -0.4 is 0 Å². The zero-order valence-electron chi connectivity index (χ0n) is 15.5.